The van der Waals surface area contributed by atoms with Gasteiger partial charge in [0.1, 0.15) is 0 Å². The van der Waals surface area contributed by atoms with Crippen molar-refractivity contribution < 1.29 is 4.79 Å². The highest BCUT2D eigenvalue weighted by molar-refractivity contribution is 5.79. The Hall–Kier alpha value is -0.570. The number of hydrogen-bond donors (Lipinski definition) is 1. The Kier molecular flexibility index (Phi) is 3.37. The molecule has 0 radical (unpaired) electrons. The summed E-state index contributed by atoms with van der Waals surface area (Å²) in [5.41, 5.74) is 0. The Bertz CT molecular complexity index is 274. The third kappa shape index (κ3) is 2.49. The van der Waals surface area contributed by atoms with Crippen LogP contribution in [0.15, 0.2) is 0 Å². The maximum atomic E-state index is 12.5. The fraction of sp³-hybridized carbons (Fsp3) is 0.929. The van der Waals surface area contributed by atoms with Crippen molar-refractivity contribution in [3.63, 3.8) is 0 Å². The van der Waals surface area contributed by atoms with Gasteiger partial charge in [0.15, 0.2) is 0 Å². The lowest BCUT2D eigenvalue weighted by Crippen LogP contribution is -2.50. The number of piperidine rings is 2. The van der Waals surface area contributed by atoms with Crippen LogP contribution in [0, 0.1) is 17.8 Å². The molecule has 3 heteroatoms. The van der Waals surface area contributed by atoms with Crippen molar-refractivity contribution in [1.29, 1.82) is 0 Å². The number of rotatable bonds is 1. The highest BCUT2D eigenvalue weighted by Crippen LogP contribution is 2.35. The van der Waals surface area contributed by atoms with E-state index in [2.05, 4.69) is 10.2 Å². The van der Waals surface area contributed by atoms with Crippen LogP contribution in [0.4, 0.5) is 0 Å². The Morgan fingerprint density at radius 2 is 1.82 bits per heavy atom. The molecule has 3 rings (SSSR count). The summed E-state index contributed by atoms with van der Waals surface area (Å²) < 4.78 is 0. The molecule has 0 aromatic heterocycles. The molecule has 0 aromatic rings. The summed E-state index contributed by atoms with van der Waals surface area (Å²) in [5, 5.41) is 3.36. The summed E-state index contributed by atoms with van der Waals surface area (Å²) in [4.78, 5) is 14.7. The lowest BCUT2D eigenvalue weighted by atomic mass is 9.77. The van der Waals surface area contributed by atoms with Crippen LogP contribution in [0.1, 0.15) is 38.5 Å². The second kappa shape index (κ2) is 4.97. The topological polar surface area (TPSA) is 32.3 Å². The van der Waals surface area contributed by atoms with Gasteiger partial charge in [0.25, 0.3) is 0 Å². The first-order chi connectivity index (χ1) is 8.33. The third-order valence-corrected chi connectivity index (χ3v) is 4.81. The zero-order valence-electron chi connectivity index (χ0n) is 10.7. The largest absolute Gasteiger partial charge is 0.342 e. The molecular formula is C14H24N2O. The molecule has 1 amide bonds. The maximum absolute atomic E-state index is 12.5. The van der Waals surface area contributed by atoms with E-state index >= 15 is 0 Å². The summed E-state index contributed by atoms with van der Waals surface area (Å²) >= 11 is 0. The molecule has 1 aliphatic carbocycles. The van der Waals surface area contributed by atoms with Crippen LogP contribution in [0.2, 0.25) is 0 Å². The smallest absolute Gasteiger partial charge is 0.226 e. The normalized spacial score (nSPS) is 37.9. The van der Waals surface area contributed by atoms with Gasteiger partial charge in [-0.05, 0) is 50.5 Å². The molecular weight excluding hydrogens is 212 g/mol. The van der Waals surface area contributed by atoms with Crippen LogP contribution >= 0.6 is 0 Å². The van der Waals surface area contributed by atoms with Gasteiger partial charge in [-0.3, -0.25) is 4.79 Å². The molecule has 2 saturated heterocycles. The highest BCUT2D eigenvalue weighted by atomic mass is 16.2. The molecule has 0 aromatic carbocycles. The molecule has 1 saturated carbocycles. The van der Waals surface area contributed by atoms with Gasteiger partial charge in [-0.2, -0.15) is 0 Å². The zero-order valence-corrected chi connectivity index (χ0v) is 10.7. The molecule has 3 atom stereocenters. The fourth-order valence-electron chi connectivity index (χ4n) is 3.93. The van der Waals surface area contributed by atoms with Gasteiger partial charge < -0.3 is 10.2 Å². The average Bonchev–Trinajstić information content (AvgIpc) is 2.38. The van der Waals surface area contributed by atoms with Crippen molar-refractivity contribution in [2.24, 2.45) is 17.8 Å². The van der Waals surface area contributed by atoms with Gasteiger partial charge in [0.05, 0.1) is 5.92 Å². The summed E-state index contributed by atoms with van der Waals surface area (Å²) in [5.74, 6) is 2.32. The minimum Gasteiger partial charge on any atom is -0.342 e. The van der Waals surface area contributed by atoms with E-state index in [1.807, 2.05) is 0 Å². The summed E-state index contributed by atoms with van der Waals surface area (Å²) in [6.07, 6.45) is 7.73. The van der Waals surface area contributed by atoms with Gasteiger partial charge in [-0.15, -0.1) is 0 Å². The molecule has 2 bridgehead atoms. The van der Waals surface area contributed by atoms with E-state index in [1.165, 1.54) is 25.7 Å². The SMILES string of the molecule is O=C(C1CCCNC1)N1CC2CCCC(C2)C1. The molecule has 0 spiro atoms. The summed E-state index contributed by atoms with van der Waals surface area (Å²) in [6.45, 7) is 4.09. The molecule has 96 valence electrons. The second-order valence-electron chi connectivity index (χ2n) is 6.19. The highest BCUT2D eigenvalue weighted by Gasteiger charge is 2.35. The predicted octanol–water partition coefficient (Wildman–Crippen LogP) is 1.63. The van der Waals surface area contributed by atoms with E-state index in [-0.39, 0.29) is 5.92 Å². The first-order valence-corrected chi connectivity index (χ1v) is 7.32. The van der Waals surface area contributed by atoms with Crippen LogP contribution < -0.4 is 5.32 Å². The Morgan fingerprint density at radius 1 is 1.06 bits per heavy atom. The molecule has 1 N–H and O–H groups in total. The van der Waals surface area contributed by atoms with Gasteiger partial charge >= 0.3 is 0 Å². The quantitative estimate of drug-likeness (QED) is 0.750. The molecule has 2 heterocycles. The number of carbonyl (C=O) groups is 1. The van der Waals surface area contributed by atoms with E-state index < -0.39 is 0 Å². The molecule has 2 aliphatic heterocycles. The molecule has 3 fully saturated rings. The number of hydrogen-bond acceptors (Lipinski definition) is 2. The van der Waals surface area contributed by atoms with Gasteiger partial charge in [-0.25, -0.2) is 0 Å². The zero-order chi connectivity index (χ0) is 11.7. The first kappa shape index (κ1) is 11.5. The van der Waals surface area contributed by atoms with E-state index in [9.17, 15) is 4.79 Å². The van der Waals surface area contributed by atoms with Crippen molar-refractivity contribution in [3.8, 4) is 0 Å². The van der Waals surface area contributed by atoms with Crippen molar-refractivity contribution in [2.45, 2.75) is 38.5 Å². The second-order valence-corrected chi connectivity index (χ2v) is 6.19. The van der Waals surface area contributed by atoms with Crippen molar-refractivity contribution >= 4 is 5.91 Å². The van der Waals surface area contributed by atoms with E-state index in [0.717, 1.165) is 50.9 Å². The van der Waals surface area contributed by atoms with E-state index in [1.54, 1.807) is 0 Å². The first-order valence-electron chi connectivity index (χ1n) is 7.32. The number of amides is 1. The fourth-order valence-corrected chi connectivity index (χ4v) is 3.93. The molecule has 3 unspecified atom stereocenters. The molecule has 17 heavy (non-hydrogen) atoms. The average molecular weight is 236 g/mol. The lowest BCUT2D eigenvalue weighted by molar-refractivity contribution is -0.139. The van der Waals surface area contributed by atoms with Crippen molar-refractivity contribution in [2.75, 3.05) is 26.2 Å². The number of carbonyl (C=O) groups excluding carboxylic acids is 1. The monoisotopic (exact) mass is 236 g/mol. The van der Waals surface area contributed by atoms with Crippen LogP contribution in [0.5, 0.6) is 0 Å². The van der Waals surface area contributed by atoms with Crippen LogP contribution in [0.25, 0.3) is 0 Å². The lowest BCUT2D eigenvalue weighted by Gasteiger charge is -2.42. The van der Waals surface area contributed by atoms with Gasteiger partial charge in [-0.1, -0.05) is 6.42 Å². The number of nitrogens with one attached hydrogen (secondary N) is 1. The standard InChI is InChI=1S/C14H24N2O/c17-14(13-5-2-6-15-8-13)16-9-11-3-1-4-12(7-11)10-16/h11-13,15H,1-10H2. The third-order valence-electron chi connectivity index (χ3n) is 4.81. The van der Waals surface area contributed by atoms with Crippen molar-refractivity contribution in [3.05, 3.63) is 0 Å². The predicted molar refractivity (Wildman–Crippen MR) is 67.6 cm³/mol. The summed E-state index contributed by atoms with van der Waals surface area (Å²) in [6, 6.07) is 0. The van der Waals surface area contributed by atoms with Crippen LogP contribution in [-0.2, 0) is 4.79 Å². The molecule has 3 aliphatic rings. The Labute approximate surface area is 104 Å². The van der Waals surface area contributed by atoms with Gasteiger partial charge in [0.2, 0.25) is 5.91 Å². The minimum atomic E-state index is 0.266. The number of fused-ring (bicyclic) bond motifs is 2. The number of nitrogens with zero attached hydrogens (tertiary/aromatic N) is 1. The Morgan fingerprint density at radius 3 is 2.47 bits per heavy atom. The van der Waals surface area contributed by atoms with Gasteiger partial charge in [0, 0.05) is 19.6 Å². The van der Waals surface area contributed by atoms with Crippen LogP contribution in [-0.4, -0.2) is 37.0 Å². The maximum Gasteiger partial charge on any atom is 0.226 e. The molecule has 3 nitrogen and oxygen atoms in total. The van der Waals surface area contributed by atoms with E-state index in [0.29, 0.717) is 5.91 Å². The number of likely N-dealkylation sites (tertiary alicyclic amines) is 1. The van der Waals surface area contributed by atoms with Crippen molar-refractivity contribution in [1.82, 2.24) is 10.2 Å². The minimum absolute atomic E-state index is 0.266. The van der Waals surface area contributed by atoms with E-state index in [4.69, 9.17) is 0 Å². The Balaban J connectivity index is 1.61. The van der Waals surface area contributed by atoms with Crippen LogP contribution in [0.3, 0.4) is 0 Å². The summed E-state index contributed by atoms with van der Waals surface area (Å²) in [7, 11) is 0.